The summed E-state index contributed by atoms with van der Waals surface area (Å²) in [5.74, 6) is 0.444. The van der Waals surface area contributed by atoms with E-state index < -0.39 is 16.1 Å². The molecule has 0 aliphatic heterocycles. The van der Waals surface area contributed by atoms with Gasteiger partial charge in [0.25, 0.3) is 0 Å². The molecule has 3 aromatic carbocycles. The highest BCUT2D eigenvalue weighted by Gasteiger charge is 2.25. The highest BCUT2D eigenvalue weighted by Crippen LogP contribution is 2.33. The SMILES string of the molecule is COc1ccc(C(NS(=O)(=O)c2ccc(C)cc2)c2ccccc2)c(O)c1. The zero-order valence-corrected chi connectivity index (χ0v) is 15.9. The maximum Gasteiger partial charge on any atom is 0.241 e. The summed E-state index contributed by atoms with van der Waals surface area (Å²) in [5.41, 5.74) is 2.13. The summed E-state index contributed by atoms with van der Waals surface area (Å²) < 4.78 is 33.7. The maximum atomic E-state index is 12.9. The van der Waals surface area contributed by atoms with Crippen LogP contribution in [0.15, 0.2) is 77.7 Å². The quantitative estimate of drug-likeness (QED) is 0.679. The monoisotopic (exact) mass is 383 g/mol. The zero-order valence-electron chi connectivity index (χ0n) is 15.1. The zero-order chi connectivity index (χ0) is 19.4. The number of phenols is 1. The van der Waals surface area contributed by atoms with Gasteiger partial charge in [0.15, 0.2) is 0 Å². The van der Waals surface area contributed by atoms with Crippen LogP contribution < -0.4 is 9.46 Å². The second-order valence-corrected chi connectivity index (χ2v) is 7.92. The van der Waals surface area contributed by atoms with Gasteiger partial charge in [-0.25, -0.2) is 8.42 Å². The van der Waals surface area contributed by atoms with E-state index in [-0.39, 0.29) is 10.6 Å². The lowest BCUT2D eigenvalue weighted by Gasteiger charge is -2.21. The molecule has 140 valence electrons. The van der Waals surface area contributed by atoms with Gasteiger partial charge in [0.1, 0.15) is 11.5 Å². The number of aryl methyl sites for hydroxylation is 1. The van der Waals surface area contributed by atoms with Crippen LogP contribution in [0.1, 0.15) is 22.7 Å². The van der Waals surface area contributed by atoms with Gasteiger partial charge < -0.3 is 9.84 Å². The van der Waals surface area contributed by atoms with Crippen molar-refractivity contribution < 1.29 is 18.3 Å². The molecule has 0 spiro atoms. The molecule has 1 atom stereocenters. The third-order valence-corrected chi connectivity index (χ3v) is 5.72. The van der Waals surface area contributed by atoms with Gasteiger partial charge in [-0.1, -0.05) is 48.0 Å². The van der Waals surface area contributed by atoms with Crippen LogP contribution in [0.4, 0.5) is 0 Å². The Morgan fingerprint density at radius 2 is 1.63 bits per heavy atom. The summed E-state index contributed by atoms with van der Waals surface area (Å²) in [5, 5.41) is 10.4. The van der Waals surface area contributed by atoms with Gasteiger partial charge in [-0.3, -0.25) is 0 Å². The fraction of sp³-hybridized carbons (Fsp3) is 0.143. The minimum Gasteiger partial charge on any atom is -0.507 e. The first kappa shape index (κ1) is 18.9. The van der Waals surface area contributed by atoms with Crippen LogP contribution >= 0.6 is 0 Å². The highest BCUT2D eigenvalue weighted by molar-refractivity contribution is 7.89. The van der Waals surface area contributed by atoms with E-state index in [1.165, 1.54) is 13.2 Å². The molecule has 0 saturated carbocycles. The van der Waals surface area contributed by atoms with Crippen molar-refractivity contribution in [2.24, 2.45) is 0 Å². The molecule has 0 aliphatic carbocycles. The Morgan fingerprint density at radius 3 is 2.22 bits per heavy atom. The molecular weight excluding hydrogens is 362 g/mol. The highest BCUT2D eigenvalue weighted by atomic mass is 32.2. The van der Waals surface area contributed by atoms with Gasteiger partial charge in [-0.05, 0) is 36.8 Å². The molecule has 3 rings (SSSR count). The molecular formula is C21H21NO4S. The van der Waals surface area contributed by atoms with Crippen LogP contribution in [0.25, 0.3) is 0 Å². The van der Waals surface area contributed by atoms with Gasteiger partial charge in [0, 0.05) is 11.6 Å². The van der Waals surface area contributed by atoms with Gasteiger partial charge in [-0.15, -0.1) is 0 Å². The predicted octanol–water partition coefficient (Wildman–Crippen LogP) is 3.78. The lowest BCUT2D eigenvalue weighted by molar-refractivity contribution is 0.405. The van der Waals surface area contributed by atoms with Crippen molar-refractivity contribution in [3.8, 4) is 11.5 Å². The van der Waals surface area contributed by atoms with E-state index in [0.29, 0.717) is 16.9 Å². The van der Waals surface area contributed by atoms with E-state index in [0.717, 1.165) is 5.56 Å². The van der Waals surface area contributed by atoms with Crippen molar-refractivity contribution in [3.05, 3.63) is 89.5 Å². The van der Waals surface area contributed by atoms with E-state index in [1.807, 2.05) is 37.3 Å². The molecule has 0 saturated heterocycles. The van der Waals surface area contributed by atoms with Crippen molar-refractivity contribution in [2.45, 2.75) is 17.9 Å². The van der Waals surface area contributed by atoms with Crippen molar-refractivity contribution in [1.82, 2.24) is 4.72 Å². The molecule has 3 aromatic rings. The first-order valence-electron chi connectivity index (χ1n) is 8.41. The number of hydrogen-bond donors (Lipinski definition) is 2. The van der Waals surface area contributed by atoms with Crippen LogP contribution in [-0.4, -0.2) is 20.6 Å². The number of hydrogen-bond acceptors (Lipinski definition) is 4. The minimum atomic E-state index is -3.80. The first-order valence-corrected chi connectivity index (χ1v) is 9.90. The third kappa shape index (κ3) is 4.30. The Morgan fingerprint density at radius 1 is 0.963 bits per heavy atom. The number of rotatable bonds is 6. The van der Waals surface area contributed by atoms with Crippen LogP contribution in [-0.2, 0) is 10.0 Å². The van der Waals surface area contributed by atoms with Crippen molar-refractivity contribution in [2.75, 3.05) is 7.11 Å². The molecule has 6 heteroatoms. The Balaban J connectivity index is 2.05. The van der Waals surface area contributed by atoms with Gasteiger partial charge >= 0.3 is 0 Å². The van der Waals surface area contributed by atoms with E-state index in [1.54, 1.807) is 36.4 Å². The van der Waals surface area contributed by atoms with Gasteiger partial charge in [0.05, 0.1) is 18.0 Å². The molecule has 0 bridgehead atoms. The summed E-state index contributed by atoms with van der Waals surface area (Å²) >= 11 is 0. The average molecular weight is 383 g/mol. The molecule has 0 radical (unpaired) electrons. The number of aromatic hydroxyl groups is 1. The van der Waals surface area contributed by atoms with E-state index in [2.05, 4.69) is 4.72 Å². The maximum absolute atomic E-state index is 12.9. The molecule has 27 heavy (non-hydrogen) atoms. The van der Waals surface area contributed by atoms with Crippen LogP contribution in [0, 0.1) is 6.92 Å². The van der Waals surface area contributed by atoms with Crippen LogP contribution in [0.2, 0.25) is 0 Å². The summed E-state index contributed by atoms with van der Waals surface area (Å²) in [4.78, 5) is 0.169. The number of nitrogens with one attached hydrogen (secondary N) is 1. The smallest absolute Gasteiger partial charge is 0.241 e. The number of ether oxygens (including phenoxy) is 1. The minimum absolute atomic E-state index is 0.0465. The van der Waals surface area contributed by atoms with Crippen molar-refractivity contribution in [3.63, 3.8) is 0 Å². The Hall–Kier alpha value is -2.83. The molecule has 1 unspecified atom stereocenters. The molecule has 0 fully saturated rings. The molecule has 0 aliphatic rings. The topological polar surface area (TPSA) is 75.6 Å². The van der Waals surface area contributed by atoms with Crippen molar-refractivity contribution in [1.29, 1.82) is 0 Å². The van der Waals surface area contributed by atoms with Crippen molar-refractivity contribution >= 4 is 10.0 Å². The van der Waals surface area contributed by atoms with E-state index >= 15 is 0 Å². The van der Waals surface area contributed by atoms with Crippen LogP contribution in [0.5, 0.6) is 11.5 Å². The Labute approximate surface area is 159 Å². The summed E-state index contributed by atoms with van der Waals surface area (Å²) in [6, 6.07) is 19.8. The molecule has 0 amide bonds. The first-order chi connectivity index (χ1) is 12.9. The Bertz CT molecular complexity index is 1020. The van der Waals surface area contributed by atoms with Gasteiger partial charge in [0.2, 0.25) is 10.0 Å². The summed E-state index contributed by atoms with van der Waals surface area (Å²) in [6.07, 6.45) is 0. The number of phenolic OH excluding ortho intramolecular Hbond substituents is 1. The molecule has 2 N–H and O–H groups in total. The predicted molar refractivity (Wildman–Crippen MR) is 104 cm³/mol. The summed E-state index contributed by atoms with van der Waals surface area (Å²) in [6.45, 7) is 1.89. The molecule has 0 heterocycles. The number of methoxy groups -OCH3 is 1. The standard InChI is InChI=1S/C21H21NO4S/c1-15-8-11-18(12-9-15)27(24,25)22-21(16-6-4-3-5-7-16)19-13-10-17(26-2)14-20(19)23/h3-14,21-23H,1-2H3. The fourth-order valence-corrected chi connectivity index (χ4v) is 4.00. The lowest BCUT2D eigenvalue weighted by atomic mass is 9.99. The fourth-order valence-electron chi connectivity index (χ4n) is 2.79. The van der Waals surface area contributed by atoms with Crippen LogP contribution in [0.3, 0.4) is 0 Å². The lowest BCUT2D eigenvalue weighted by Crippen LogP contribution is -2.29. The second-order valence-electron chi connectivity index (χ2n) is 6.20. The number of sulfonamides is 1. The number of benzene rings is 3. The van der Waals surface area contributed by atoms with Gasteiger partial charge in [-0.2, -0.15) is 4.72 Å². The summed E-state index contributed by atoms with van der Waals surface area (Å²) in [7, 11) is -2.29. The largest absolute Gasteiger partial charge is 0.507 e. The van der Waals surface area contributed by atoms with E-state index in [4.69, 9.17) is 4.74 Å². The average Bonchev–Trinajstić information content (AvgIpc) is 2.67. The second kappa shape index (κ2) is 7.82. The molecule has 0 aromatic heterocycles. The molecule has 5 nitrogen and oxygen atoms in total. The van der Waals surface area contributed by atoms with E-state index in [9.17, 15) is 13.5 Å². The third-order valence-electron chi connectivity index (χ3n) is 4.29. The normalized spacial score (nSPS) is 12.5. The Kier molecular flexibility index (Phi) is 5.48.